The van der Waals surface area contributed by atoms with Gasteiger partial charge in [-0.05, 0) is 49.7 Å². The number of ether oxygens (including phenoxy) is 1. The van der Waals surface area contributed by atoms with Crippen molar-refractivity contribution in [3.05, 3.63) is 23.3 Å². The standard InChI is InChI=1S/C13H18O/c1-3-7-12-10(5-1)9-11-6-2-4-8-13(11)14-12/h5,9,12-13H,1-4,6-8H2/t12-,13-/m1/s1. The number of rotatable bonds is 0. The van der Waals surface area contributed by atoms with Gasteiger partial charge in [0.05, 0.1) is 12.2 Å². The van der Waals surface area contributed by atoms with Gasteiger partial charge in [0.25, 0.3) is 0 Å². The van der Waals surface area contributed by atoms with Crippen LogP contribution in [0, 0.1) is 0 Å². The average molecular weight is 190 g/mol. The molecule has 1 saturated carbocycles. The van der Waals surface area contributed by atoms with Crippen LogP contribution in [0.1, 0.15) is 44.9 Å². The highest BCUT2D eigenvalue weighted by molar-refractivity contribution is 5.34. The predicted octanol–water partition coefficient (Wildman–Crippen LogP) is 3.36. The molecule has 0 spiro atoms. The number of hydrogen-bond donors (Lipinski definition) is 0. The molecule has 1 nitrogen and oxygen atoms in total. The maximum atomic E-state index is 6.16. The molecule has 0 aromatic rings. The quantitative estimate of drug-likeness (QED) is 0.569. The van der Waals surface area contributed by atoms with E-state index in [-0.39, 0.29) is 0 Å². The van der Waals surface area contributed by atoms with Gasteiger partial charge in [0.1, 0.15) is 0 Å². The van der Waals surface area contributed by atoms with E-state index in [1.54, 1.807) is 5.57 Å². The second kappa shape index (κ2) is 3.54. The van der Waals surface area contributed by atoms with Crippen molar-refractivity contribution in [3.8, 4) is 0 Å². The van der Waals surface area contributed by atoms with Crippen LogP contribution in [0.2, 0.25) is 0 Å². The molecule has 0 saturated heterocycles. The van der Waals surface area contributed by atoms with Gasteiger partial charge in [-0.25, -0.2) is 0 Å². The van der Waals surface area contributed by atoms with Crippen molar-refractivity contribution in [2.24, 2.45) is 0 Å². The lowest BCUT2D eigenvalue weighted by Gasteiger charge is -2.36. The Morgan fingerprint density at radius 1 is 1.07 bits per heavy atom. The minimum atomic E-state index is 0.440. The van der Waals surface area contributed by atoms with E-state index in [0.717, 1.165) is 0 Å². The second-order valence-electron chi connectivity index (χ2n) is 4.71. The Morgan fingerprint density at radius 3 is 3.00 bits per heavy atom. The molecule has 0 amide bonds. The summed E-state index contributed by atoms with van der Waals surface area (Å²) in [5.41, 5.74) is 3.05. The van der Waals surface area contributed by atoms with Crippen molar-refractivity contribution < 1.29 is 4.74 Å². The van der Waals surface area contributed by atoms with Crippen LogP contribution in [0.4, 0.5) is 0 Å². The first-order chi connectivity index (χ1) is 6.93. The van der Waals surface area contributed by atoms with Crippen LogP contribution >= 0.6 is 0 Å². The van der Waals surface area contributed by atoms with E-state index >= 15 is 0 Å². The van der Waals surface area contributed by atoms with Crippen molar-refractivity contribution in [1.82, 2.24) is 0 Å². The SMILES string of the molecule is C1=C2C=C3CCCC[C@H]3O[C@@H]2CCC1. The minimum absolute atomic E-state index is 0.440. The molecule has 3 rings (SSSR count). The largest absolute Gasteiger partial charge is 0.366 e. The Labute approximate surface area is 85.8 Å². The zero-order chi connectivity index (χ0) is 9.38. The van der Waals surface area contributed by atoms with Crippen LogP contribution in [-0.2, 0) is 4.74 Å². The monoisotopic (exact) mass is 190 g/mol. The van der Waals surface area contributed by atoms with Crippen LogP contribution in [0.15, 0.2) is 23.3 Å². The Bertz CT molecular complexity index is 288. The normalized spacial score (nSPS) is 36.6. The second-order valence-corrected chi connectivity index (χ2v) is 4.71. The molecule has 76 valence electrons. The van der Waals surface area contributed by atoms with Gasteiger partial charge < -0.3 is 4.74 Å². The zero-order valence-electron chi connectivity index (χ0n) is 8.67. The third-order valence-electron chi connectivity index (χ3n) is 3.70. The van der Waals surface area contributed by atoms with Crippen molar-refractivity contribution in [2.45, 2.75) is 57.2 Å². The summed E-state index contributed by atoms with van der Waals surface area (Å²) in [7, 11) is 0. The van der Waals surface area contributed by atoms with Gasteiger partial charge in [0.15, 0.2) is 0 Å². The molecule has 0 aromatic heterocycles. The van der Waals surface area contributed by atoms with E-state index < -0.39 is 0 Å². The molecule has 1 heteroatoms. The molecule has 0 radical (unpaired) electrons. The van der Waals surface area contributed by atoms with Crippen LogP contribution in [0.5, 0.6) is 0 Å². The summed E-state index contributed by atoms with van der Waals surface area (Å²) >= 11 is 0. The fourth-order valence-corrected chi connectivity index (χ4v) is 2.91. The van der Waals surface area contributed by atoms with Crippen molar-refractivity contribution in [2.75, 3.05) is 0 Å². The van der Waals surface area contributed by atoms with Crippen molar-refractivity contribution >= 4 is 0 Å². The molecule has 1 fully saturated rings. The van der Waals surface area contributed by atoms with Gasteiger partial charge in [0.2, 0.25) is 0 Å². The Kier molecular flexibility index (Phi) is 2.21. The first-order valence-electron chi connectivity index (χ1n) is 5.99. The lowest BCUT2D eigenvalue weighted by molar-refractivity contribution is 0.00201. The first-order valence-corrected chi connectivity index (χ1v) is 5.99. The average Bonchev–Trinajstić information content (AvgIpc) is 2.26. The van der Waals surface area contributed by atoms with Crippen LogP contribution in [0.3, 0.4) is 0 Å². The highest BCUT2D eigenvalue weighted by Crippen LogP contribution is 2.36. The van der Waals surface area contributed by atoms with E-state index in [1.165, 1.54) is 50.5 Å². The predicted molar refractivity (Wildman–Crippen MR) is 57.1 cm³/mol. The van der Waals surface area contributed by atoms with Crippen molar-refractivity contribution in [3.63, 3.8) is 0 Å². The molecule has 2 aliphatic carbocycles. The van der Waals surface area contributed by atoms with E-state index in [2.05, 4.69) is 12.2 Å². The number of fused-ring (bicyclic) bond motifs is 2. The fourth-order valence-electron chi connectivity index (χ4n) is 2.91. The van der Waals surface area contributed by atoms with Gasteiger partial charge in [-0.2, -0.15) is 0 Å². The smallest absolute Gasteiger partial charge is 0.0830 e. The third kappa shape index (κ3) is 1.44. The fraction of sp³-hybridized carbons (Fsp3) is 0.692. The van der Waals surface area contributed by atoms with Gasteiger partial charge in [0, 0.05) is 0 Å². The summed E-state index contributed by atoms with van der Waals surface area (Å²) < 4.78 is 6.16. The maximum Gasteiger partial charge on any atom is 0.0830 e. The van der Waals surface area contributed by atoms with Crippen LogP contribution in [-0.4, -0.2) is 12.2 Å². The Morgan fingerprint density at radius 2 is 2.00 bits per heavy atom. The zero-order valence-corrected chi connectivity index (χ0v) is 8.67. The van der Waals surface area contributed by atoms with Gasteiger partial charge in [-0.3, -0.25) is 0 Å². The highest BCUT2D eigenvalue weighted by Gasteiger charge is 2.30. The first kappa shape index (κ1) is 8.72. The molecule has 0 aromatic carbocycles. The third-order valence-corrected chi connectivity index (χ3v) is 3.70. The van der Waals surface area contributed by atoms with E-state index in [4.69, 9.17) is 4.74 Å². The molecule has 1 heterocycles. The molecular weight excluding hydrogens is 172 g/mol. The number of allylic oxidation sites excluding steroid dienone is 1. The summed E-state index contributed by atoms with van der Waals surface area (Å²) in [6.07, 6.45) is 14.8. The highest BCUT2D eigenvalue weighted by atomic mass is 16.5. The maximum absolute atomic E-state index is 6.16. The Balaban J connectivity index is 1.89. The molecule has 0 bridgehead atoms. The van der Waals surface area contributed by atoms with Gasteiger partial charge >= 0.3 is 0 Å². The molecule has 1 aliphatic heterocycles. The molecule has 3 aliphatic rings. The molecular formula is C13H18O. The topological polar surface area (TPSA) is 9.23 Å². The summed E-state index contributed by atoms with van der Waals surface area (Å²) in [5, 5.41) is 0. The summed E-state index contributed by atoms with van der Waals surface area (Å²) in [6, 6.07) is 0. The van der Waals surface area contributed by atoms with Gasteiger partial charge in [-0.15, -0.1) is 0 Å². The van der Waals surface area contributed by atoms with Crippen LogP contribution < -0.4 is 0 Å². The van der Waals surface area contributed by atoms with E-state index in [9.17, 15) is 0 Å². The van der Waals surface area contributed by atoms with Crippen molar-refractivity contribution in [1.29, 1.82) is 0 Å². The lowest BCUT2D eigenvalue weighted by Crippen LogP contribution is -2.32. The van der Waals surface area contributed by atoms with Crippen LogP contribution in [0.25, 0.3) is 0 Å². The molecule has 14 heavy (non-hydrogen) atoms. The van der Waals surface area contributed by atoms with E-state index in [1.807, 2.05) is 0 Å². The molecule has 2 atom stereocenters. The molecule has 0 unspecified atom stereocenters. The minimum Gasteiger partial charge on any atom is -0.366 e. The number of hydrogen-bond acceptors (Lipinski definition) is 1. The van der Waals surface area contributed by atoms with Gasteiger partial charge in [-0.1, -0.05) is 18.6 Å². The summed E-state index contributed by atoms with van der Waals surface area (Å²) in [4.78, 5) is 0. The Hall–Kier alpha value is -0.560. The summed E-state index contributed by atoms with van der Waals surface area (Å²) in [5.74, 6) is 0. The van der Waals surface area contributed by atoms with E-state index in [0.29, 0.717) is 12.2 Å². The summed E-state index contributed by atoms with van der Waals surface area (Å²) in [6.45, 7) is 0. The lowest BCUT2D eigenvalue weighted by atomic mass is 9.84. The molecule has 0 N–H and O–H groups in total.